The Hall–Kier alpha value is -6.96. The number of benzene rings is 9. The molecule has 0 radical (unpaired) electrons. The van der Waals surface area contributed by atoms with Crippen LogP contribution in [0.1, 0.15) is 47.2 Å². The van der Waals surface area contributed by atoms with E-state index in [9.17, 15) is 0 Å². The molecule has 0 saturated heterocycles. The van der Waals surface area contributed by atoms with Gasteiger partial charge in [-0.2, -0.15) is 0 Å². The molecule has 1 heteroatoms. The molecule has 270 valence electrons. The quantitative estimate of drug-likeness (QED) is 0.165. The van der Waals surface area contributed by atoms with Crippen molar-refractivity contribution < 1.29 is 0 Å². The topological polar surface area (TPSA) is 3.24 Å². The molecule has 57 heavy (non-hydrogen) atoms. The van der Waals surface area contributed by atoms with Gasteiger partial charge in [-0.25, -0.2) is 0 Å². The summed E-state index contributed by atoms with van der Waals surface area (Å²) in [5, 5.41) is 2.54. The van der Waals surface area contributed by atoms with Gasteiger partial charge in [-0.15, -0.1) is 0 Å². The van der Waals surface area contributed by atoms with Gasteiger partial charge >= 0.3 is 0 Å². The van der Waals surface area contributed by atoms with Gasteiger partial charge < -0.3 is 4.90 Å². The van der Waals surface area contributed by atoms with Gasteiger partial charge in [0.1, 0.15) is 0 Å². The number of nitrogens with zero attached hydrogens (tertiary/aromatic N) is 1. The van der Waals surface area contributed by atoms with E-state index in [1.165, 1.54) is 77.5 Å². The van der Waals surface area contributed by atoms with Gasteiger partial charge in [0, 0.05) is 22.5 Å². The maximum absolute atomic E-state index is 2.49. The van der Waals surface area contributed by atoms with Crippen LogP contribution in [0.4, 0.5) is 17.1 Å². The number of anilines is 3. The highest BCUT2D eigenvalue weighted by molar-refractivity contribution is 6.04. The molecule has 2 aliphatic rings. The van der Waals surface area contributed by atoms with Crippen LogP contribution < -0.4 is 4.90 Å². The summed E-state index contributed by atoms with van der Waals surface area (Å²) in [6.45, 7) is 4.73. The molecule has 2 aliphatic carbocycles. The molecule has 0 amide bonds. The summed E-state index contributed by atoms with van der Waals surface area (Å²) in [6.07, 6.45) is 0. The van der Waals surface area contributed by atoms with Crippen LogP contribution in [0.25, 0.3) is 44.2 Å². The van der Waals surface area contributed by atoms with Crippen molar-refractivity contribution in [1.82, 2.24) is 0 Å². The second-order valence-electron chi connectivity index (χ2n) is 16.1. The summed E-state index contributed by atoms with van der Waals surface area (Å²) in [6, 6.07) is 78.8. The Bertz CT molecular complexity index is 2920. The molecule has 0 heterocycles. The second-order valence-corrected chi connectivity index (χ2v) is 16.1. The lowest BCUT2D eigenvalue weighted by molar-refractivity contribution is 0.660. The van der Waals surface area contributed by atoms with Crippen molar-refractivity contribution >= 4 is 27.8 Å². The molecule has 1 nitrogen and oxygen atoms in total. The number of fused-ring (bicyclic) bond motifs is 8. The van der Waals surface area contributed by atoms with Crippen molar-refractivity contribution in [1.29, 1.82) is 0 Å². The van der Waals surface area contributed by atoms with Gasteiger partial charge in [-0.3, -0.25) is 0 Å². The van der Waals surface area contributed by atoms with Crippen molar-refractivity contribution in [2.24, 2.45) is 0 Å². The van der Waals surface area contributed by atoms with Crippen LogP contribution in [0, 0.1) is 0 Å². The Morgan fingerprint density at radius 1 is 0.351 bits per heavy atom. The van der Waals surface area contributed by atoms with Gasteiger partial charge in [0.2, 0.25) is 0 Å². The van der Waals surface area contributed by atoms with Gasteiger partial charge in [0.15, 0.2) is 0 Å². The van der Waals surface area contributed by atoms with Crippen LogP contribution in [0.5, 0.6) is 0 Å². The first-order valence-corrected chi connectivity index (χ1v) is 20.0. The van der Waals surface area contributed by atoms with E-state index in [1.54, 1.807) is 0 Å². The van der Waals surface area contributed by atoms with Crippen molar-refractivity contribution in [3.63, 3.8) is 0 Å². The third-order valence-corrected chi connectivity index (χ3v) is 12.7. The predicted molar refractivity (Wildman–Crippen MR) is 239 cm³/mol. The second kappa shape index (κ2) is 12.8. The molecule has 0 aromatic heterocycles. The van der Waals surface area contributed by atoms with E-state index in [-0.39, 0.29) is 5.41 Å². The van der Waals surface area contributed by atoms with Crippen LogP contribution in [0.15, 0.2) is 212 Å². The van der Waals surface area contributed by atoms with E-state index in [4.69, 9.17) is 0 Å². The summed E-state index contributed by atoms with van der Waals surface area (Å²) < 4.78 is 0. The zero-order valence-corrected chi connectivity index (χ0v) is 32.2. The van der Waals surface area contributed by atoms with Gasteiger partial charge in [0.25, 0.3) is 0 Å². The number of hydrogen-bond acceptors (Lipinski definition) is 1. The molecule has 0 bridgehead atoms. The average Bonchev–Trinajstić information content (AvgIpc) is 3.70. The minimum atomic E-state index is -0.530. The summed E-state index contributed by atoms with van der Waals surface area (Å²) >= 11 is 0. The molecule has 9 aromatic rings. The fourth-order valence-electron chi connectivity index (χ4n) is 10.1. The van der Waals surface area contributed by atoms with Crippen molar-refractivity contribution in [3.8, 4) is 33.4 Å². The zero-order valence-electron chi connectivity index (χ0n) is 32.2. The lowest BCUT2D eigenvalue weighted by atomic mass is 9.67. The van der Waals surface area contributed by atoms with E-state index in [0.29, 0.717) is 0 Å². The lowest BCUT2D eigenvalue weighted by Crippen LogP contribution is -2.28. The lowest BCUT2D eigenvalue weighted by Gasteiger charge is -2.35. The molecule has 11 rings (SSSR count). The maximum Gasteiger partial charge on any atom is 0.0714 e. The van der Waals surface area contributed by atoms with E-state index < -0.39 is 5.41 Å². The fraction of sp³-hybridized carbons (Fsp3) is 0.0714. The molecule has 0 spiro atoms. The first-order valence-electron chi connectivity index (χ1n) is 20.0. The van der Waals surface area contributed by atoms with Crippen LogP contribution in [0.3, 0.4) is 0 Å². The molecule has 9 aromatic carbocycles. The molecule has 0 fully saturated rings. The highest BCUT2D eigenvalue weighted by Crippen LogP contribution is 2.59. The maximum atomic E-state index is 2.49. The summed E-state index contributed by atoms with van der Waals surface area (Å²) in [5.41, 5.74) is 18.3. The average molecular weight is 728 g/mol. The van der Waals surface area contributed by atoms with E-state index in [0.717, 1.165) is 17.1 Å². The first-order chi connectivity index (χ1) is 28.0. The minimum absolute atomic E-state index is 0.124. The van der Waals surface area contributed by atoms with E-state index in [2.05, 4.69) is 231 Å². The Balaban J connectivity index is 1.18. The van der Waals surface area contributed by atoms with Crippen molar-refractivity contribution in [2.45, 2.75) is 24.7 Å². The van der Waals surface area contributed by atoms with Gasteiger partial charge in [0.05, 0.1) is 5.41 Å². The van der Waals surface area contributed by atoms with Gasteiger partial charge in [-0.1, -0.05) is 190 Å². The van der Waals surface area contributed by atoms with E-state index in [1.807, 2.05) is 0 Å². The summed E-state index contributed by atoms with van der Waals surface area (Å²) in [7, 11) is 0. The Kier molecular flexibility index (Phi) is 7.50. The highest BCUT2D eigenvalue weighted by Gasteiger charge is 2.47. The molecular formula is C56H41N. The summed E-state index contributed by atoms with van der Waals surface area (Å²) in [5.74, 6) is 0. The molecule has 0 saturated carbocycles. The zero-order chi connectivity index (χ0) is 38.1. The first kappa shape index (κ1) is 33.4. The third kappa shape index (κ3) is 4.95. The van der Waals surface area contributed by atoms with Crippen LogP contribution in [-0.2, 0) is 10.8 Å². The smallest absolute Gasteiger partial charge is 0.0714 e. The molecule has 0 unspecified atom stereocenters. The van der Waals surface area contributed by atoms with Crippen LogP contribution in [0.2, 0.25) is 0 Å². The minimum Gasteiger partial charge on any atom is -0.310 e. The van der Waals surface area contributed by atoms with E-state index >= 15 is 0 Å². The molecule has 0 atom stereocenters. The number of hydrogen-bond donors (Lipinski definition) is 0. The van der Waals surface area contributed by atoms with Crippen molar-refractivity contribution in [3.05, 3.63) is 246 Å². The molecular weight excluding hydrogens is 687 g/mol. The van der Waals surface area contributed by atoms with Gasteiger partial charge in [-0.05, 0) is 114 Å². The Morgan fingerprint density at radius 2 is 0.877 bits per heavy atom. The highest BCUT2D eigenvalue weighted by atomic mass is 15.1. The molecule has 0 aliphatic heterocycles. The number of rotatable bonds is 6. The van der Waals surface area contributed by atoms with Crippen molar-refractivity contribution in [2.75, 3.05) is 4.90 Å². The monoisotopic (exact) mass is 727 g/mol. The third-order valence-electron chi connectivity index (χ3n) is 12.7. The van der Waals surface area contributed by atoms with Crippen LogP contribution >= 0.6 is 0 Å². The van der Waals surface area contributed by atoms with Crippen LogP contribution in [-0.4, -0.2) is 0 Å². The SMILES string of the molecule is CC1(C)c2ccccc2-c2ccc(N(c3ccc(-c4ccccc4)cc3)c3ccc4c(c3)C(c3ccccc3)(c3ccccc3)c3ccc5ccccc5c3-4)cc21. The standard InChI is InChI=1S/C56H41N/c1-55(2)50-25-15-14-24-47(50)48-33-31-44(36-52(48)55)57(43-29-26-39(27-30-43)38-16-6-3-7-17-38)45-32-34-49-53(37-45)56(41-19-8-4-9-20-41,42-21-10-5-11-22-42)51-35-28-40-18-12-13-23-46(40)54(49)51/h3-37H,1-2H3. The Morgan fingerprint density at radius 3 is 1.58 bits per heavy atom. The normalized spacial score (nSPS) is 14.1. The summed E-state index contributed by atoms with van der Waals surface area (Å²) in [4.78, 5) is 2.47. The fourth-order valence-corrected chi connectivity index (χ4v) is 10.1. The predicted octanol–water partition coefficient (Wildman–Crippen LogP) is 14.6. The molecule has 0 N–H and O–H groups in total. The largest absolute Gasteiger partial charge is 0.310 e. The Labute approximate surface area is 335 Å².